The van der Waals surface area contributed by atoms with Gasteiger partial charge >= 0.3 is 0 Å². The van der Waals surface area contributed by atoms with E-state index in [1.54, 1.807) is 31.2 Å². The molecule has 0 aromatic heterocycles. The lowest BCUT2D eigenvalue weighted by Gasteiger charge is -2.26. The van der Waals surface area contributed by atoms with E-state index in [2.05, 4.69) is 5.32 Å². The summed E-state index contributed by atoms with van der Waals surface area (Å²) in [4.78, 5) is 12.3. The highest BCUT2D eigenvalue weighted by molar-refractivity contribution is 7.92. The first-order valence-electron chi connectivity index (χ1n) is 10.9. The predicted octanol–water partition coefficient (Wildman–Crippen LogP) is 3.24. The molecule has 1 N–H and O–H groups in total. The summed E-state index contributed by atoms with van der Waals surface area (Å²) < 4.78 is 44.4. The van der Waals surface area contributed by atoms with Crippen LogP contribution in [0.25, 0.3) is 0 Å². The van der Waals surface area contributed by atoms with E-state index < -0.39 is 10.0 Å². The molecule has 1 amide bonds. The Bertz CT molecular complexity index is 1220. The van der Waals surface area contributed by atoms with Gasteiger partial charge < -0.3 is 19.5 Å². The number of hydrogen-bond donors (Lipinski definition) is 1. The molecule has 1 heterocycles. The minimum atomic E-state index is -3.72. The van der Waals surface area contributed by atoms with Crippen LogP contribution in [0.1, 0.15) is 6.92 Å². The topological polar surface area (TPSA) is 94.2 Å². The minimum Gasteiger partial charge on any atom is -0.486 e. The number of ether oxygens (including phenoxy) is 3. The van der Waals surface area contributed by atoms with Gasteiger partial charge in [0.25, 0.3) is 15.9 Å². The maximum Gasteiger partial charge on any atom is 0.264 e. The second-order valence-electron chi connectivity index (χ2n) is 7.57. The summed E-state index contributed by atoms with van der Waals surface area (Å²) in [7, 11) is -3.72. The Balaban J connectivity index is 1.28. The molecule has 0 fully saturated rings. The Hall–Kier alpha value is -3.72. The zero-order valence-corrected chi connectivity index (χ0v) is 19.5. The highest BCUT2D eigenvalue weighted by Gasteiger charge is 2.24. The zero-order chi connectivity index (χ0) is 24.0. The molecule has 9 heteroatoms. The van der Waals surface area contributed by atoms with Crippen molar-refractivity contribution in [3.63, 3.8) is 0 Å². The van der Waals surface area contributed by atoms with Gasteiger partial charge in [0.2, 0.25) is 0 Å². The Labute approximate surface area is 199 Å². The minimum absolute atomic E-state index is 0.143. The van der Waals surface area contributed by atoms with Gasteiger partial charge in [-0.1, -0.05) is 30.3 Å². The molecular weight excluding hydrogens is 456 g/mol. The number of anilines is 1. The molecule has 0 spiro atoms. The molecule has 1 aliphatic rings. The van der Waals surface area contributed by atoms with E-state index in [0.29, 0.717) is 36.1 Å². The van der Waals surface area contributed by atoms with Crippen molar-refractivity contribution in [3.8, 4) is 17.2 Å². The maximum absolute atomic E-state index is 13.1. The van der Waals surface area contributed by atoms with Crippen LogP contribution < -0.4 is 23.8 Å². The van der Waals surface area contributed by atoms with Gasteiger partial charge in [-0.25, -0.2) is 8.42 Å². The van der Waals surface area contributed by atoms with Crippen LogP contribution in [-0.2, 0) is 14.8 Å². The van der Waals surface area contributed by atoms with Crippen LogP contribution >= 0.6 is 0 Å². The van der Waals surface area contributed by atoms with Crippen LogP contribution in [0, 0.1) is 0 Å². The lowest BCUT2D eigenvalue weighted by Crippen LogP contribution is -2.42. The predicted molar refractivity (Wildman–Crippen MR) is 128 cm³/mol. The summed E-state index contributed by atoms with van der Waals surface area (Å²) in [5.74, 6) is 1.40. The van der Waals surface area contributed by atoms with Crippen molar-refractivity contribution >= 4 is 21.6 Å². The first-order valence-corrected chi connectivity index (χ1v) is 12.4. The molecule has 1 atom stereocenters. The summed E-state index contributed by atoms with van der Waals surface area (Å²) in [5, 5.41) is 2.76. The summed E-state index contributed by atoms with van der Waals surface area (Å²) in [6, 6.07) is 22.3. The molecule has 0 unspecified atom stereocenters. The molecule has 0 aliphatic carbocycles. The smallest absolute Gasteiger partial charge is 0.264 e. The summed E-state index contributed by atoms with van der Waals surface area (Å²) in [6.45, 7) is 2.49. The average Bonchev–Trinajstić information content (AvgIpc) is 2.87. The molecule has 0 radical (unpaired) electrons. The van der Waals surface area contributed by atoms with Crippen molar-refractivity contribution in [2.24, 2.45) is 0 Å². The van der Waals surface area contributed by atoms with E-state index >= 15 is 0 Å². The van der Waals surface area contributed by atoms with Crippen LogP contribution in [0.5, 0.6) is 17.2 Å². The summed E-state index contributed by atoms with van der Waals surface area (Å²) in [6.07, 6.45) is -0.297. The fraction of sp³-hybridized carbons (Fsp3) is 0.240. The van der Waals surface area contributed by atoms with Crippen LogP contribution in [0.3, 0.4) is 0 Å². The van der Waals surface area contributed by atoms with E-state index in [1.807, 2.05) is 30.3 Å². The lowest BCUT2D eigenvalue weighted by atomic mass is 10.2. The van der Waals surface area contributed by atoms with Crippen molar-refractivity contribution in [2.45, 2.75) is 17.9 Å². The van der Waals surface area contributed by atoms with Gasteiger partial charge in [-0.2, -0.15) is 0 Å². The normalized spacial score (nSPS) is 14.8. The number of para-hydroxylation sites is 3. The number of hydrogen-bond acceptors (Lipinski definition) is 6. The quantitative estimate of drug-likeness (QED) is 0.503. The lowest BCUT2D eigenvalue weighted by molar-refractivity contribution is -0.123. The number of fused-ring (bicyclic) bond motifs is 1. The average molecular weight is 483 g/mol. The first kappa shape index (κ1) is 23.4. The summed E-state index contributed by atoms with van der Waals surface area (Å²) >= 11 is 0. The summed E-state index contributed by atoms with van der Waals surface area (Å²) in [5.41, 5.74) is 0.595. The van der Waals surface area contributed by atoms with Gasteiger partial charge in [-0.3, -0.25) is 9.10 Å². The Morgan fingerprint density at radius 1 is 1.00 bits per heavy atom. The number of sulfonamides is 1. The van der Waals surface area contributed by atoms with Crippen LogP contribution in [-0.4, -0.2) is 46.7 Å². The third kappa shape index (κ3) is 5.43. The third-order valence-corrected chi connectivity index (χ3v) is 7.12. The molecule has 1 aliphatic heterocycles. The molecule has 3 aromatic rings. The first-order chi connectivity index (χ1) is 16.5. The second kappa shape index (κ2) is 10.5. The van der Waals surface area contributed by atoms with E-state index in [0.717, 1.165) is 0 Å². The van der Waals surface area contributed by atoms with Crippen LogP contribution in [0.4, 0.5) is 5.69 Å². The SMILES string of the molecule is CCN(c1ccccc1)S(=O)(=O)c1ccc(OCC(=O)NC[C@H]2COc3ccccc3O2)cc1. The molecule has 0 saturated carbocycles. The number of nitrogens with one attached hydrogen (secondary N) is 1. The number of carbonyl (C=O) groups is 1. The molecule has 0 bridgehead atoms. The monoisotopic (exact) mass is 482 g/mol. The Kier molecular flexibility index (Phi) is 7.22. The van der Waals surface area contributed by atoms with Gasteiger partial charge in [0.15, 0.2) is 18.1 Å². The maximum atomic E-state index is 13.1. The highest BCUT2D eigenvalue weighted by Crippen LogP contribution is 2.30. The van der Waals surface area contributed by atoms with E-state index in [9.17, 15) is 13.2 Å². The number of carbonyl (C=O) groups excluding carboxylic acids is 1. The van der Waals surface area contributed by atoms with Crippen molar-refractivity contribution in [3.05, 3.63) is 78.9 Å². The number of rotatable bonds is 9. The molecule has 34 heavy (non-hydrogen) atoms. The second-order valence-corrected chi connectivity index (χ2v) is 9.43. The highest BCUT2D eigenvalue weighted by atomic mass is 32.2. The van der Waals surface area contributed by atoms with Gasteiger partial charge in [0.1, 0.15) is 18.5 Å². The standard InChI is InChI=1S/C25H26N2O6S/c1-2-27(19-8-4-3-5-9-19)34(29,30)22-14-12-20(13-15-22)31-18-25(28)26-16-21-17-32-23-10-6-7-11-24(23)33-21/h3-15,21H,2,16-18H2,1H3,(H,26,28)/t21-/m0/s1. The molecule has 0 saturated heterocycles. The fourth-order valence-electron chi connectivity index (χ4n) is 3.51. The number of amides is 1. The van der Waals surface area contributed by atoms with Crippen molar-refractivity contribution in [2.75, 3.05) is 30.6 Å². The van der Waals surface area contributed by atoms with E-state index in [-0.39, 0.29) is 30.1 Å². The third-order valence-electron chi connectivity index (χ3n) is 5.21. The number of nitrogens with zero attached hydrogens (tertiary/aromatic N) is 1. The molecule has 178 valence electrons. The van der Waals surface area contributed by atoms with E-state index in [1.165, 1.54) is 28.6 Å². The molecule has 8 nitrogen and oxygen atoms in total. The van der Waals surface area contributed by atoms with Crippen LogP contribution in [0.15, 0.2) is 83.8 Å². The zero-order valence-electron chi connectivity index (χ0n) is 18.7. The van der Waals surface area contributed by atoms with E-state index in [4.69, 9.17) is 14.2 Å². The molecule has 3 aromatic carbocycles. The Morgan fingerprint density at radius 2 is 1.68 bits per heavy atom. The van der Waals surface area contributed by atoms with Gasteiger partial charge in [-0.05, 0) is 55.5 Å². The largest absolute Gasteiger partial charge is 0.486 e. The Morgan fingerprint density at radius 3 is 2.38 bits per heavy atom. The van der Waals surface area contributed by atoms with Gasteiger partial charge in [-0.15, -0.1) is 0 Å². The van der Waals surface area contributed by atoms with Crippen molar-refractivity contribution < 1.29 is 27.4 Å². The molecular formula is C25H26N2O6S. The molecule has 4 rings (SSSR count). The fourth-order valence-corrected chi connectivity index (χ4v) is 4.99. The van der Waals surface area contributed by atoms with Gasteiger partial charge in [0, 0.05) is 6.54 Å². The number of benzene rings is 3. The van der Waals surface area contributed by atoms with Crippen molar-refractivity contribution in [1.82, 2.24) is 5.32 Å². The van der Waals surface area contributed by atoms with Crippen LogP contribution in [0.2, 0.25) is 0 Å². The van der Waals surface area contributed by atoms with Crippen molar-refractivity contribution in [1.29, 1.82) is 0 Å². The van der Waals surface area contributed by atoms with Gasteiger partial charge in [0.05, 0.1) is 17.1 Å².